The lowest BCUT2D eigenvalue weighted by atomic mass is 10.2. The first-order chi connectivity index (χ1) is 10.6. The van der Waals surface area contributed by atoms with Gasteiger partial charge in [-0.15, -0.1) is 0 Å². The van der Waals surface area contributed by atoms with E-state index in [4.69, 9.17) is 0 Å². The number of amides is 1. The summed E-state index contributed by atoms with van der Waals surface area (Å²) in [4.78, 5) is 14.6. The van der Waals surface area contributed by atoms with Gasteiger partial charge in [0.05, 0.1) is 12.1 Å². The molecule has 0 bridgehead atoms. The fourth-order valence-corrected chi connectivity index (χ4v) is 3.30. The summed E-state index contributed by atoms with van der Waals surface area (Å²) in [6.45, 7) is 4.31. The molecule has 1 amide bonds. The highest BCUT2D eigenvalue weighted by Crippen LogP contribution is 2.19. The van der Waals surface area contributed by atoms with Crippen LogP contribution in [-0.2, 0) is 13.1 Å². The molecular weight excluding hydrogens is 344 g/mol. The molecule has 1 aliphatic heterocycles. The van der Waals surface area contributed by atoms with Crippen molar-refractivity contribution in [3.05, 3.63) is 58.1 Å². The van der Waals surface area contributed by atoms with Crippen molar-refractivity contribution >= 4 is 27.4 Å². The Kier molecular flexibility index (Phi) is 3.07. The smallest absolute Gasteiger partial charge is 0.274 e. The Hall–Kier alpha value is -2.08. The number of hydrogen-bond donors (Lipinski definition) is 0. The van der Waals surface area contributed by atoms with Crippen LogP contribution >= 0.6 is 15.9 Å². The molecule has 112 valence electrons. The van der Waals surface area contributed by atoms with E-state index in [1.807, 2.05) is 29.3 Å². The molecule has 1 aliphatic rings. The molecule has 4 rings (SSSR count). The van der Waals surface area contributed by atoms with Gasteiger partial charge in [-0.3, -0.25) is 4.79 Å². The van der Waals surface area contributed by atoms with Gasteiger partial charge in [0.15, 0.2) is 5.69 Å². The highest BCUT2D eigenvalue weighted by Gasteiger charge is 2.24. The lowest BCUT2D eigenvalue weighted by molar-refractivity contribution is 0.0704. The minimum atomic E-state index is -0.00933. The maximum Gasteiger partial charge on any atom is 0.274 e. The van der Waals surface area contributed by atoms with Gasteiger partial charge < -0.3 is 9.47 Å². The SMILES string of the molecule is Cc1ccc2n1CCN(C(=O)c1cc3ccc(Br)cn3n1)C2. The van der Waals surface area contributed by atoms with Gasteiger partial charge in [0, 0.05) is 35.1 Å². The largest absolute Gasteiger partial charge is 0.345 e. The molecule has 4 heterocycles. The van der Waals surface area contributed by atoms with Crippen molar-refractivity contribution in [1.29, 1.82) is 0 Å². The summed E-state index contributed by atoms with van der Waals surface area (Å²) in [6, 6.07) is 9.93. The second-order valence-electron chi connectivity index (χ2n) is 5.59. The first-order valence-corrected chi connectivity index (χ1v) is 8.00. The van der Waals surface area contributed by atoms with Crippen LogP contribution < -0.4 is 0 Å². The first kappa shape index (κ1) is 13.6. The number of carbonyl (C=O) groups is 1. The molecule has 0 saturated carbocycles. The molecule has 0 spiro atoms. The number of halogens is 1. The number of carbonyl (C=O) groups excluding carboxylic acids is 1. The number of aryl methyl sites for hydroxylation is 1. The molecule has 0 radical (unpaired) electrons. The van der Waals surface area contributed by atoms with Crippen LogP contribution in [0.1, 0.15) is 21.9 Å². The van der Waals surface area contributed by atoms with Crippen LogP contribution in [0.15, 0.2) is 41.0 Å². The third-order valence-electron chi connectivity index (χ3n) is 4.17. The van der Waals surface area contributed by atoms with Crippen molar-refractivity contribution in [2.45, 2.75) is 20.0 Å². The number of aromatic nitrogens is 3. The quantitative estimate of drug-likeness (QED) is 0.671. The molecule has 3 aromatic heterocycles. The predicted molar refractivity (Wildman–Crippen MR) is 86.8 cm³/mol. The summed E-state index contributed by atoms with van der Waals surface area (Å²) in [5, 5.41) is 4.40. The Labute approximate surface area is 136 Å². The van der Waals surface area contributed by atoms with E-state index in [9.17, 15) is 4.79 Å². The maximum atomic E-state index is 12.7. The number of nitrogens with zero attached hydrogens (tertiary/aromatic N) is 4. The highest BCUT2D eigenvalue weighted by atomic mass is 79.9. The minimum Gasteiger partial charge on any atom is -0.345 e. The van der Waals surface area contributed by atoms with Crippen LogP contribution in [0.25, 0.3) is 5.52 Å². The lowest BCUT2D eigenvalue weighted by Gasteiger charge is -2.28. The molecule has 0 aliphatic carbocycles. The second kappa shape index (κ2) is 4.98. The minimum absolute atomic E-state index is 0.00933. The van der Waals surface area contributed by atoms with Crippen LogP contribution in [0.4, 0.5) is 0 Å². The number of pyridine rings is 1. The Morgan fingerprint density at radius 2 is 2.09 bits per heavy atom. The van der Waals surface area contributed by atoms with Crippen LogP contribution in [0.3, 0.4) is 0 Å². The van der Waals surface area contributed by atoms with Crippen molar-refractivity contribution in [1.82, 2.24) is 19.1 Å². The summed E-state index contributed by atoms with van der Waals surface area (Å²) in [7, 11) is 0. The van der Waals surface area contributed by atoms with Gasteiger partial charge >= 0.3 is 0 Å². The monoisotopic (exact) mass is 358 g/mol. The lowest BCUT2D eigenvalue weighted by Crippen LogP contribution is -2.38. The number of fused-ring (bicyclic) bond motifs is 2. The fourth-order valence-electron chi connectivity index (χ4n) is 2.98. The third kappa shape index (κ3) is 2.14. The van der Waals surface area contributed by atoms with Gasteiger partial charge in [-0.05, 0) is 53.2 Å². The molecule has 0 aromatic carbocycles. The summed E-state index contributed by atoms with van der Waals surface area (Å²) in [5.41, 5.74) is 3.85. The van der Waals surface area contributed by atoms with E-state index in [0.29, 0.717) is 12.2 Å². The third-order valence-corrected chi connectivity index (χ3v) is 4.63. The van der Waals surface area contributed by atoms with E-state index in [-0.39, 0.29) is 5.91 Å². The zero-order valence-corrected chi connectivity index (χ0v) is 13.7. The zero-order valence-electron chi connectivity index (χ0n) is 12.2. The molecule has 6 heteroatoms. The Morgan fingerprint density at radius 1 is 1.23 bits per heavy atom. The van der Waals surface area contributed by atoms with E-state index >= 15 is 0 Å². The summed E-state index contributed by atoms with van der Waals surface area (Å²) < 4.78 is 4.94. The van der Waals surface area contributed by atoms with Crippen molar-refractivity contribution < 1.29 is 4.79 Å². The topological polar surface area (TPSA) is 42.5 Å². The van der Waals surface area contributed by atoms with Crippen molar-refractivity contribution in [2.75, 3.05) is 6.54 Å². The van der Waals surface area contributed by atoms with E-state index in [1.165, 1.54) is 11.4 Å². The van der Waals surface area contributed by atoms with Gasteiger partial charge in [-0.2, -0.15) is 5.10 Å². The van der Waals surface area contributed by atoms with E-state index < -0.39 is 0 Å². The molecule has 3 aromatic rings. The van der Waals surface area contributed by atoms with E-state index in [1.54, 1.807) is 4.52 Å². The average molecular weight is 359 g/mol. The molecule has 0 saturated heterocycles. The van der Waals surface area contributed by atoms with Crippen LogP contribution in [0.5, 0.6) is 0 Å². The number of rotatable bonds is 1. The Balaban J connectivity index is 1.63. The van der Waals surface area contributed by atoms with Crippen LogP contribution in [-0.4, -0.2) is 31.5 Å². The van der Waals surface area contributed by atoms with Gasteiger partial charge in [0.2, 0.25) is 0 Å². The second-order valence-corrected chi connectivity index (χ2v) is 6.51. The van der Waals surface area contributed by atoms with Gasteiger partial charge in [0.1, 0.15) is 0 Å². The van der Waals surface area contributed by atoms with E-state index in [0.717, 1.165) is 23.1 Å². The standard InChI is InChI=1S/C16H15BrN4O/c1-11-2-4-14-10-19(6-7-20(11)14)16(22)15-8-13-5-3-12(17)9-21(13)18-15/h2-5,8-9H,6-7,10H2,1H3. The Bertz CT molecular complexity index is 880. The predicted octanol–water partition coefficient (Wildman–Crippen LogP) is 2.86. The van der Waals surface area contributed by atoms with Gasteiger partial charge in [-0.25, -0.2) is 4.52 Å². The van der Waals surface area contributed by atoms with Crippen molar-refractivity contribution in [3.8, 4) is 0 Å². The van der Waals surface area contributed by atoms with E-state index in [2.05, 4.69) is 44.7 Å². The summed E-state index contributed by atoms with van der Waals surface area (Å²) >= 11 is 3.42. The summed E-state index contributed by atoms with van der Waals surface area (Å²) in [5.74, 6) is -0.00933. The first-order valence-electron chi connectivity index (χ1n) is 7.21. The van der Waals surface area contributed by atoms with Gasteiger partial charge in [-0.1, -0.05) is 0 Å². The normalized spacial score (nSPS) is 14.4. The molecule has 0 N–H and O–H groups in total. The molecular formula is C16H15BrN4O. The fraction of sp³-hybridized carbons (Fsp3) is 0.250. The number of hydrogen-bond acceptors (Lipinski definition) is 2. The zero-order chi connectivity index (χ0) is 15.3. The molecule has 0 unspecified atom stereocenters. The molecule has 5 nitrogen and oxygen atoms in total. The molecule has 0 fully saturated rings. The highest BCUT2D eigenvalue weighted by molar-refractivity contribution is 9.10. The van der Waals surface area contributed by atoms with Crippen molar-refractivity contribution in [2.24, 2.45) is 0 Å². The van der Waals surface area contributed by atoms with Crippen LogP contribution in [0, 0.1) is 6.92 Å². The summed E-state index contributed by atoms with van der Waals surface area (Å²) in [6.07, 6.45) is 1.86. The molecule has 22 heavy (non-hydrogen) atoms. The van der Waals surface area contributed by atoms with Gasteiger partial charge in [0.25, 0.3) is 5.91 Å². The maximum absolute atomic E-state index is 12.7. The van der Waals surface area contributed by atoms with Crippen molar-refractivity contribution in [3.63, 3.8) is 0 Å². The van der Waals surface area contributed by atoms with Crippen LogP contribution in [0.2, 0.25) is 0 Å². The Morgan fingerprint density at radius 3 is 2.95 bits per heavy atom. The molecule has 0 atom stereocenters. The average Bonchev–Trinajstić information content (AvgIpc) is 3.09.